The van der Waals surface area contributed by atoms with E-state index < -0.39 is 23.4 Å². The lowest BCUT2D eigenvalue weighted by atomic mass is 10.2. The number of aryl methyl sites for hydroxylation is 1. The van der Waals surface area contributed by atoms with Gasteiger partial charge in [-0.05, 0) is 42.8 Å². The number of aromatic nitrogens is 2. The summed E-state index contributed by atoms with van der Waals surface area (Å²) >= 11 is 0. The van der Waals surface area contributed by atoms with Gasteiger partial charge in [0.05, 0.1) is 5.69 Å². The fourth-order valence-corrected chi connectivity index (χ4v) is 2.18. The van der Waals surface area contributed by atoms with Crippen LogP contribution < -0.4 is 10.6 Å². The first-order valence-electron chi connectivity index (χ1n) is 7.57. The number of anilines is 3. The number of carbonyl (C=O) groups is 1. The molecule has 26 heavy (non-hydrogen) atoms. The highest BCUT2D eigenvalue weighted by molar-refractivity contribution is 6.03. The summed E-state index contributed by atoms with van der Waals surface area (Å²) in [6.07, 6.45) is 0. The maximum absolute atomic E-state index is 13.6. The molecular weight excluding hydrogens is 345 g/mol. The van der Waals surface area contributed by atoms with Gasteiger partial charge in [-0.1, -0.05) is 18.2 Å². The number of para-hydroxylation sites is 1. The van der Waals surface area contributed by atoms with Gasteiger partial charge in [0.15, 0.2) is 29.0 Å². The van der Waals surface area contributed by atoms with Crippen LogP contribution in [0.3, 0.4) is 0 Å². The molecule has 1 amide bonds. The molecule has 5 nitrogen and oxygen atoms in total. The molecule has 0 bridgehead atoms. The molecule has 2 N–H and O–H groups in total. The zero-order valence-corrected chi connectivity index (χ0v) is 13.6. The monoisotopic (exact) mass is 358 g/mol. The number of hydrogen-bond acceptors (Lipinski definition) is 4. The molecule has 0 radical (unpaired) electrons. The first-order valence-corrected chi connectivity index (χ1v) is 7.57. The summed E-state index contributed by atoms with van der Waals surface area (Å²) in [5.74, 6) is -4.63. The predicted molar refractivity (Wildman–Crippen MR) is 90.8 cm³/mol. The SMILES string of the molecule is Cc1ccccc1NC(=O)c1ccc(Nc2ccc(F)c(F)c2F)nn1. The van der Waals surface area contributed by atoms with Crippen LogP contribution in [0.4, 0.5) is 30.4 Å². The highest BCUT2D eigenvalue weighted by atomic mass is 19.2. The van der Waals surface area contributed by atoms with E-state index in [0.29, 0.717) is 5.69 Å². The summed E-state index contributed by atoms with van der Waals surface area (Å²) in [6, 6.07) is 11.8. The van der Waals surface area contributed by atoms with Gasteiger partial charge in [0, 0.05) is 5.69 Å². The van der Waals surface area contributed by atoms with Gasteiger partial charge >= 0.3 is 0 Å². The topological polar surface area (TPSA) is 66.9 Å². The number of benzene rings is 2. The van der Waals surface area contributed by atoms with Crippen molar-refractivity contribution in [2.24, 2.45) is 0 Å². The molecule has 0 fully saturated rings. The lowest BCUT2D eigenvalue weighted by Gasteiger charge is -2.09. The molecule has 0 saturated heterocycles. The number of carbonyl (C=O) groups excluding carboxylic acids is 1. The molecule has 0 unspecified atom stereocenters. The Hall–Kier alpha value is -3.42. The smallest absolute Gasteiger partial charge is 0.276 e. The molecule has 132 valence electrons. The fourth-order valence-electron chi connectivity index (χ4n) is 2.18. The van der Waals surface area contributed by atoms with Crippen molar-refractivity contribution in [1.82, 2.24) is 10.2 Å². The Balaban J connectivity index is 1.73. The van der Waals surface area contributed by atoms with Crippen LogP contribution in [0.25, 0.3) is 0 Å². The van der Waals surface area contributed by atoms with Crippen molar-refractivity contribution in [1.29, 1.82) is 0 Å². The second-order valence-electron chi connectivity index (χ2n) is 5.42. The zero-order valence-electron chi connectivity index (χ0n) is 13.6. The number of nitrogens with one attached hydrogen (secondary N) is 2. The van der Waals surface area contributed by atoms with E-state index >= 15 is 0 Å². The van der Waals surface area contributed by atoms with Crippen molar-refractivity contribution in [3.8, 4) is 0 Å². The molecule has 1 aromatic heterocycles. The Morgan fingerprint density at radius 1 is 0.885 bits per heavy atom. The number of hydrogen-bond donors (Lipinski definition) is 2. The van der Waals surface area contributed by atoms with Crippen molar-refractivity contribution in [2.75, 3.05) is 10.6 Å². The molecule has 3 rings (SSSR count). The van der Waals surface area contributed by atoms with Crippen molar-refractivity contribution >= 4 is 23.1 Å². The molecule has 0 aliphatic carbocycles. The van der Waals surface area contributed by atoms with Gasteiger partial charge in [0.2, 0.25) is 0 Å². The first kappa shape index (κ1) is 17.4. The van der Waals surface area contributed by atoms with E-state index in [9.17, 15) is 18.0 Å². The lowest BCUT2D eigenvalue weighted by molar-refractivity contribution is 0.102. The van der Waals surface area contributed by atoms with Crippen molar-refractivity contribution in [2.45, 2.75) is 6.92 Å². The summed E-state index contributed by atoms with van der Waals surface area (Å²) in [6.45, 7) is 1.85. The van der Waals surface area contributed by atoms with Crippen LogP contribution in [0.5, 0.6) is 0 Å². The first-order chi connectivity index (χ1) is 12.5. The number of nitrogens with zero attached hydrogens (tertiary/aromatic N) is 2. The summed E-state index contributed by atoms with van der Waals surface area (Å²) in [5.41, 5.74) is 1.28. The fraction of sp³-hybridized carbons (Fsp3) is 0.0556. The lowest BCUT2D eigenvalue weighted by Crippen LogP contribution is -2.15. The summed E-state index contributed by atoms with van der Waals surface area (Å²) in [7, 11) is 0. The van der Waals surface area contributed by atoms with Gasteiger partial charge in [0.1, 0.15) is 0 Å². The van der Waals surface area contributed by atoms with E-state index in [1.54, 1.807) is 12.1 Å². The maximum atomic E-state index is 13.6. The number of halogens is 3. The Kier molecular flexibility index (Phi) is 4.83. The van der Waals surface area contributed by atoms with Crippen LogP contribution in [-0.4, -0.2) is 16.1 Å². The molecule has 8 heteroatoms. The van der Waals surface area contributed by atoms with Gasteiger partial charge in [-0.2, -0.15) is 0 Å². The third-order valence-electron chi connectivity index (χ3n) is 3.59. The summed E-state index contributed by atoms with van der Waals surface area (Å²) in [4.78, 5) is 12.2. The molecule has 3 aromatic rings. The van der Waals surface area contributed by atoms with Crippen LogP contribution in [0.1, 0.15) is 16.1 Å². The van der Waals surface area contributed by atoms with Gasteiger partial charge in [0.25, 0.3) is 5.91 Å². The minimum Gasteiger partial charge on any atom is -0.336 e. The Morgan fingerprint density at radius 2 is 1.65 bits per heavy atom. The quantitative estimate of drug-likeness (QED) is 0.686. The molecule has 0 atom stereocenters. The third-order valence-corrected chi connectivity index (χ3v) is 3.59. The van der Waals surface area contributed by atoms with E-state index in [2.05, 4.69) is 20.8 Å². The van der Waals surface area contributed by atoms with Gasteiger partial charge in [-0.25, -0.2) is 13.2 Å². The van der Waals surface area contributed by atoms with Crippen LogP contribution in [0, 0.1) is 24.4 Å². The van der Waals surface area contributed by atoms with E-state index in [-0.39, 0.29) is 17.2 Å². The van der Waals surface area contributed by atoms with E-state index in [1.807, 2.05) is 19.1 Å². The van der Waals surface area contributed by atoms with Crippen LogP contribution in [-0.2, 0) is 0 Å². The minimum atomic E-state index is -1.59. The van der Waals surface area contributed by atoms with Crippen molar-refractivity contribution in [3.05, 3.63) is 77.2 Å². The van der Waals surface area contributed by atoms with Gasteiger partial charge in [-0.15, -0.1) is 10.2 Å². The Labute approximate surface area is 146 Å². The molecule has 0 spiro atoms. The zero-order chi connectivity index (χ0) is 18.7. The van der Waals surface area contributed by atoms with Crippen molar-refractivity contribution < 1.29 is 18.0 Å². The van der Waals surface area contributed by atoms with E-state index in [1.165, 1.54) is 12.1 Å². The molecule has 1 heterocycles. The Bertz CT molecular complexity index is 961. The number of rotatable bonds is 4. The molecule has 0 aliphatic heterocycles. The van der Waals surface area contributed by atoms with Gasteiger partial charge < -0.3 is 10.6 Å². The van der Waals surface area contributed by atoms with Crippen molar-refractivity contribution in [3.63, 3.8) is 0 Å². The predicted octanol–water partition coefficient (Wildman–Crippen LogP) is 4.20. The van der Waals surface area contributed by atoms with Crippen LogP contribution in [0.15, 0.2) is 48.5 Å². The van der Waals surface area contributed by atoms with E-state index in [4.69, 9.17) is 0 Å². The minimum absolute atomic E-state index is 0.0459. The standard InChI is InChI=1S/C18H13F3N4O/c1-10-4-2-3-5-12(10)23-18(26)14-8-9-15(25-24-14)22-13-7-6-11(19)16(20)17(13)21/h2-9H,1H3,(H,22,25)(H,23,26). The normalized spacial score (nSPS) is 10.5. The maximum Gasteiger partial charge on any atom is 0.276 e. The molecular formula is C18H13F3N4O. The third kappa shape index (κ3) is 3.64. The van der Waals surface area contributed by atoms with Crippen LogP contribution >= 0.6 is 0 Å². The summed E-state index contributed by atoms with van der Waals surface area (Å²) < 4.78 is 39.8. The van der Waals surface area contributed by atoms with Crippen LogP contribution in [0.2, 0.25) is 0 Å². The largest absolute Gasteiger partial charge is 0.336 e. The van der Waals surface area contributed by atoms with E-state index in [0.717, 1.165) is 17.7 Å². The summed E-state index contributed by atoms with van der Waals surface area (Å²) in [5, 5.41) is 12.7. The highest BCUT2D eigenvalue weighted by Gasteiger charge is 2.14. The second-order valence-corrected chi connectivity index (χ2v) is 5.42. The average molecular weight is 358 g/mol. The number of amides is 1. The average Bonchev–Trinajstić information content (AvgIpc) is 2.64. The van der Waals surface area contributed by atoms with Gasteiger partial charge in [-0.3, -0.25) is 4.79 Å². The molecule has 2 aromatic carbocycles. The second kappa shape index (κ2) is 7.22. The molecule has 0 saturated carbocycles. The molecule has 0 aliphatic rings. The highest BCUT2D eigenvalue weighted by Crippen LogP contribution is 2.22. The Morgan fingerprint density at radius 3 is 2.35 bits per heavy atom.